The van der Waals surface area contributed by atoms with Crippen molar-refractivity contribution in [3.63, 3.8) is 0 Å². The number of nitrogens with one attached hydrogen (secondary N) is 1. The normalized spacial score (nSPS) is 17.0. The van der Waals surface area contributed by atoms with E-state index in [1.54, 1.807) is 24.0 Å². The molecule has 0 radical (unpaired) electrons. The SMILES string of the molecule is CCOC(=O)NC1CCN(C(=O)c2ccc3c(c2)C(=O)N(CC(C)C)C3=O)CC1. The van der Waals surface area contributed by atoms with Crippen molar-refractivity contribution in [3.8, 4) is 0 Å². The van der Waals surface area contributed by atoms with E-state index >= 15 is 0 Å². The first-order valence-corrected chi connectivity index (χ1v) is 10.0. The predicted octanol–water partition coefficient (Wildman–Crippen LogP) is 2.29. The first-order chi connectivity index (χ1) is 13.8. The summed E-state index contributed by atoms with van der Waals surface area (Å²) in [6, 6.07) is 4.68. The highest BCUT2D eigenvalue weighted by atomic mass is 16.5. The predicted molar refractivity (Wildman–Crippen MR) is 106 cm³/mol. The van der Waals surface area contributed by atoms with E-state index in [1.807, 2.05) is 13.8 Å². The Bertz CT molecular complexity index is 828. The van der Waals surface area contributed by atoms with Crippen LogP contribution in [0.2, 0.25) is 0 Å². The van der Waals surface area contributed by atoms with E-state index in [0.29, 0.717) is 55.8 Å². The van der Waals surface area contributed by atoms with Gasteiger partial charge < -0.3 is 15.0 Å². The number of carbonyl (C=O) groups is 4. The minimum Gasteiger partial charge on any atom is -0.450 e. The number of hydrogen-bond acceptors (Lipinski definition) is 5. The molecule has 156 valence electrons. The maximum absolute atomic E-state index is 12.9. The fraction of sp³-hybridized carbons (Fsp3) is 0.524. The van der Waals surface area contributed by atoms with Crippen molar-refractivity contribution in [2.45, 2.75) is 39.7 Å². The van der Waals surface area contributed by atoms with Gasteiger partial charge in [0, 0.05) is 31.2 Å². The molecule has 8 nitrogen and oxygen atoms in total. The second kappa shape index (κ2) is 8.63. The molecule has 0 atom stereocenters. The number of alkyl carbamates (subject to hydrolysis) is 1. The minimum absolute atomic E-state index is 0.0260. The Morgan fingerprint density at radius 2 is 1.79 bits per heavy atom. The van der Waals surface area contributed by atoms with Crippen LogP contribution in [0.3, 0.4) is 0 Å². The maximum atomic E-state index is 12.9. The third kappa shape index (κ3) is 4.41. The lowest BCUT2D eigenvalue weighted by atomic mass is 10.0. The Labute approximate surface area is 170 Å². The van der Waals surface area contributed by atoms with Gasteiger partial charge in [-0.2, -0.15) is 0 Å². The Hall–Kier alpha value is -2.90. The van der Waals surface area contributed by atoms with E-state index in [-0.39, 0.29) is 29.7 Å². The number of piperidine rings is 1. The monoisotopic (exact) mass is 401 g/mol. The van der Waals surface area contributed by atoms with Crippen molar-refractivity contribution in [2.75, 3.05) is 26.2 Å². The summed E-state index contributed by atoms with van der Waals surface area (Å²) in [6.45, 7) is 7.31. The quantitative estimate of drug-likeness (QED) is 0.764. The van der Waals surface area contributed by atoms with Crippen LogP contribution in [0.15, 0.2) is 18.2 Å². The second-order valence-corrected chi connectivity index (χ2v) is 7.81. The summed E-state index contributed by atoms with van der Waals surface area (Å²) in [5.74, 6) is -0.651. The molecule has 0 saturated carbocycles. The number of rotatable bonds is 5. The molecule has 1 aromatic rings. The Kier molecular flexibility index (Phi) is 6.20. The first-order valence-electron chi connectivity index (χ1n) is 10.0. The molecule has 3 rings (SSSR count). The molecule has 1 fully saturated rings. The Morgan fingerprint density at radius 1 is 1.14 bits per heavy atom. The van der Waals surface area contributed by atoms with Gasteiger partial charge in [-0.3, -0.25) is 19.3 Å². The van der Waals surface area contributed by atoms with Gasteiger partial charge in [-0.1, -0.05) is 13.8 Å². The number of carbonyl (C=O) groups excluding carboxylic acids is 4. The van der Waals surface area contributed by atoms with Crippen LogP contribution in [0.25, 0.3) is 0 Å². The van der Waals surface area contributed by atoms with E-state index in [0.717, 1.165) is 0 Å². The van der Waals surface area contributed by atoms with Crippen molar-refractivity contribution >= 4 is 23.8 Å². The lowest BCUT2D eigenvalue weighted by molar-refractivity contribution is 0.0635. The van der Waals surface area contributed by atoms with E-state index < -0.39 is 6.09 Å². The molecule has 1 saturated heterocycles. The molecule has 1 aromatic carbocycles. The number of hydrogen-bond donors (Lipinski definition) is 1. The third-order valence-corrected chi connectivity index (χ3v) is 5.14. The molecule has 2 aliphatic heterocycles. The summed E-state index contributed by atoms with van der Waals surface area (Å²) in [4.78, 5) is 52.4. The molecule has 8 heteroatoms. The van der Waals surface area contributed by atoms with Crippen LogP contribution in [-0.4, -0.2) is 65.9 Å². The largest absolute Gasteiger partial charge is 0.450 e. The van der Waals surface area contributed by atoms with Gasteiger partial charge in [-0.05, 0) is 43.9 Å². The number of nitrogens with zero attached hydrogens (tertiary/aromatic N) is 2. The van der Waals surface area contributed by atoms with E-state index in [2.05, 4.69) is 5.32 Å². The highest BCUT2D eigenvalue weighted by Gasteiger charge is 2.36. The number of fused-ring (bicyclic) bond motifs is 1. The molecule has 0 aliphatic carbocycles. The Balaban J connectivity index is 1.65. The number of amides is 4. The third-order valence-electron chi connectivity index (χ3n) is 5.14. The smallest absolute Gasteiger partial charge is 0.407 e. The van der Waals surface area contributed by atoms with Crippen LogP contribution >= 0.6 is 0 Å². The molecular formula is C21H27N3O5. The van der Waals surface area contributed by atoms with E-state index in [1.165, 1.54) is 11.0 Å². The van der Waals surface area contributed by atoms with Gasteiger partial charge >= 0.3 is 6.09 Å². The topological polar surface area (TPSA) is 96.0 Å². The molecular weight excluding hydrogens is 374 g/mol. The van der Waals surface area contributed by atoms with Crippen molar-refractivity contribution in [1.82, 2.24) is 15.1 Å². The molecule has 4 amide bonds. The van der Waals surface area contributed by atoms with Gasteiger partial charge in [0.2, 0.25) is 0 Å². The summed E-state index contributed by atoms with van der Waals surface area (Å²) < 4.78 is 4.89. The molecule has 0 aromatic heterocycles. The fourth-order valence-corrected chi connectivity index (χ4v) is 3.70. The zero-order chi connectivity index (χ0) is 21.1. The average Bonchev–Trinajstić information content (AvgIpc) is 2.92. The van der Waals surface area contributed by atoms with Crippen LogP contribution < -0.4 is 5.32 Å². The van der Waals surface area contributed by atoms with Gasteiger partial charge in [-0.25, -0.2) is 4.79 Å². The summed E-state index contributed by atoms with van der Waals surface area (Å²) in [5.41, 5.74) is 1.04. The van der Waals surface area contributed by atoms with Gasteiger partial charge in [0.05, 0.1) is 17.7 Å². The molecule has 0 unspecified atom stereocenters. The molecule has 29 heavy (non-hydrogen) atoms. The summed E-state index contributed by atoms with van der Waals surface area (Å²) >= 11 is 0. The number of imide groups is 1. The average molecular weight is 401 g/mol. The molecule has 2 heterocycles. The summed E-state index contributed by atoms with van der Waals surface area (Å²) in [7, 11) is 0. The van der Waals surface area contributed by atoms with Gasteiger partial charge in [0.1, 0.15) is 0 Å². The molecule has 0 spiro atoms. The maximum Gasteiger partial charge on any atom is 0.407 e. The summed E-state index contributed by atoms with van der Waals surface area (Å²) in [6.07, 6.45) is 0.828. The van der Waals surface area contributed by atoms with Crippen molar-refractivity contribution in [2.24, 2.45) is 5.92 Å². The van der Waals surface area contributed by atoms with E-state index in [4.69, 9.17) is 4.74 Å². The minimum atomic E-state index is -0.440. The fourth-order valence-electron chi connectivity index (χ4n) is 3.70. The zero-order valence-corrected chi connectivity index (χ0v) is 17.1. The van der Waals surface area contributed by atoms with Gasteiger partial charge in [-0.15, -0.1) is 0 Å². The van der Waals surface area contributed by atoms with Crippen LogP contribution in [0, 0.1) is 5.92 Å². The second-order valence-electron chi connectivity index (χ2n) is 7.81. The van der Waals surface area contributed by atoms with Crippen LogP contribution in [0.4, 0.5) is 4.79 Å². The van der Waals surface area contributed by atoms with Crippen LogP contribution in [0.5, 0.6) is 0 Å². The van der Waals surface area contributed by atoms with Gasteiger partial charge in [0.25, 0.3) is 17.7 Å². The van der Waals surface area contributed by atoms with Crippen LogP contribution in [-0.2, 0) is 4.74 Å². The number of benzene rings is 1. The standard InChI is InChI=1S/C21H27N3O5/c1-4-29-21(28)22-15-7-9-23(10-8-15)18(25)14-5-6-16-17(11-14)20(27)24(19(16)26)12-13(2)3/h5-6,11,13,15H,4,7-10,12H2,1-3H3,(H,22,28). The highest BCUT2D eigenvalue weighted by Crippen LogP contribution is 2.26. The zero-order valence-electron chi connectivity index (χ0n) is 17.1. The van der Waals surface area contributed by atoms with Crippen molar-refractivity contribution < 1.29 is 23.9 Å². The number of likely N-dealkylation sites (tertiary alicyclic amines) is 1. The summed E-state index contributed by atoms with van der Waals surface area (Å²) in [5, 5.41) is 2.80. The van der Waals surface area contributed by atoms with Gasteiger partial charge in [0.15, 0.2) is 0 Å². The molecule has 2 aliphatic rings. The molecule has 1 N–H and O–H groups in total. The highest BCUT2D eigenvalue weighted by molar-refractivity contribution is 6.22. The lowest BCUT2D eigenvalue weighted by Crippen LogP contribution is -2.46. The van der Waals surface area contributed by atoms with Crippen molar-refractivity contribution in [3.05, 3.63) is 34.9 Å². The Morgan fingerprint density at radius 3 is 2.41 bits per heavy atom. The van der Waals surface area contributed by atoms with Crippen LogP contribution in [0.1, 0.15) is 64.7 Å². The van der Waals surface area contributed by atoms with E-state index in [9.17, 15) is 19.2 Å². The number of ether oxygens (including phenoxy) is 1. The molecule has 0 bridgehead atoms. The van der Waals surface area contributed by atoms with Crippen molar-refractivity contribution in [1.29, 1.82) is 0 Å². The first kappa shape index (κ1) is 20.8. The lowest BCUT2D eigenvalue weighted by Gasteiger charge is -2.32.